The zero-order chi connectivity index (χ0) is 15.0. The molecule has 1 saturated heterocycles. The Morgan fingerprint density at radius 2 is 2.10 bits per heavy atom. The normalized spacial score (nSPS) is 22.6. The molecule has 2 unspecified atom stereocenters. The molecule has 1 heterocycles. The van der Waals surface area contributed by atoms with Crippen LogP contribution in [0.25, 0.3) is 0 Å². The second kappa shape index (κ2) is 8.92. The zero-order valence-corrected chi connectivity index (χ0v) is 12.4. The molecular formula is C14H26N2O4. The third-order valence-corrected chi connectivity index (χ3v) is 3.47. The van der Waals surface area contributed by atoms with Gasteiger partial charge in [-0.2, -0.15) is 0 Å². The van der Waals surface area contributed by atoms with Crippen molar-refractivity contribution in [2.75, 3.05) is 26.3 Å². The number of nitrogens with zero attached hydrogens (tertiary/aromatic N) is 1. The molecule has 6 heteroatoms. The Morgan fingerprint density at radius 1 is 1.35 bits per heavy atom. The van der Waals surface area contributed by atoms with E-state index >= 15 is 0 Å². The first-order chi connectivity index (χ1) is 9.54. The summed E-state index contributed by atoms with van der Waals surface area (Å²) in [6.07, 6.45) is 2.91. The van der Waals surface area contributed by atoms with Crippen molar-refractivity contribution in [3.05, 3.63) is 0 Å². The highest BCUT2D eigenvalue weighted by Gasteiger charge is 2.28. The predicted octanol–water partition coefficient (Wildman–Crippen LogP) is 0.291. The molecule has 0 aliphatic carbocycles. The number of amides is 2. The molecule has 6 nitrogen and oxygen atoms in total. The second-order valence-electron chi connectivity index (χ2n) is 5.33. The molecule has 0 spiro atoms. The van der Waals surface area contributed by atoms with Crippen molar-refractivity contribution in [2.45, 2.75) is 51.7 Å². The molecular weight excluding hydrogens is 260 g/mol. The molecule has 1 fully saturated rings. The Morgan fingerprint density at radius 3 is 2.75 bits per heavy atom. The van der Waals surface area contributed by atoms with Crippen molar-refractivity contribution in [1.29, 1.82) is 0 Å². The molecule has 1 rings (SSSR count). The number of hydrogen-bond donors (Lipinski definition) is 2. The number of morpholine rings is 1. The Bertz CT molecular complexity index is 322. The van der Waals surface area contributed by atoms with Gasteiger partial charge in [0.2, 0.25) is 11.8 Å². The van der Waals surface area contributed by atoms with Gasteiger partial charge in [-0.3, -0.25) is 9.59 Å². The van der Waals surface area contributed by atoms with Crippen molar-refractivity contribution in [1.82, 2.24) is 10.2 Å². The van der Waals surface area contributed by atoms with E-state index in [4.69, 9.17) is 9.84 Å². The molecule has 0 bridgehead atoms. The molecule has 1 aliphatic rings. The largest absolute Gasteiger partial charge is 0.394 e. The number of aliphatic hydroxyl groups is 1. The van der Waals surface area contributed by atoms with Gasteiger partial charge in [0.05, 0.1) is 25.4 Å². The second-order valence-corrected chi connectivity index (χ2v) is 5.33. The fraction of sp³-hybridized carbons (Fsp3) is 0.857. The van der Waals surface area contributed by atoms with Crippen LogP contribution in [0.15, 0.2) is 0 Å². The first kappa shape index (κ1) is 16.9. The monoisotopic (exact) mass is 286 g/mol. The maximum absolute atomic E-state index is 12.1. The maximum atomic E-state index is 12.1. The summed E-state index contributed by atoms with van der Waals surface area (Å²) in [6.45, 7) is 5.04. The summed E-state index contributed by atoms with van der Waals surface area (Å²) in [6, 6.07) is 0.0738. The summed E-state index contributed by atoms with van der Waals surface area (Å²) in [7, 11) is 0. The lowest BCUT2D eigenvalue weighted by Crippen LogP contribution is -2.51. The third-order valence-electron chi connectivity index (χ3n) is 3.47. The van der Waals surface area contributed by atoms with Gasteiger partial charge in [0.1, 0.15) is 0 Å². The van der Waals surface area contributed by atoms with Crippen LogP contribution in [0.5, 0.6) is 0 Å². The van der Waals surface area contributed by atoms with Gasteiger partial charge in [0, 0.05) is 26.4 Å². The molecule has 2 amide bonds. The van der Waals surface area contributed by atoms with E-state index in [1.807, 2.05) is 6.92 Å². The van der Waals surface area contributed by atoms with Gasteiger partial charge in [0.15, 0.2) is 0 Å². The molecule has 20 heavy (non-hydrogen) atoms. The number of rotatable bonds is 7. The lowest BCUT2D eigenvalue weighted by molar-refractivity contribution is -0.146. The van der Waals surface area contributed by atoms with Gasteiger partial charge in [0.25, 0.3) is 0 Å². The topological polar surface area (TPSA) is 78.9 Å². The van der Waals surface area contributed by atoms with Gasteiger partial charge in [-0.05, 0) is 19.8 Å². The molecule has 0 saturated carbocycles. The van der Waals surface area contributed by atoms with E-state index < -0.39 is 0 Å². The summed E-state index contributed by atoms with van der Waals surface area (Å²) >= 11 is 0. The van der Waals surface area contributed by atoms with Crippen LogP contribution in [0.3, 0.4) is 0 Å². The molecule has 0 aromatic carbocycles. The molecule has 0 radical (unpaired) electrons. The number of unbranched alkanes of at least 4 members (excludes halogenated alkanes) is 2. The highest BCUT2D eigenvalue weighted by atomic mass is 16.5. The van der Waals surface area contributed by atoms with E-state index in [1.165, 1.54) is 6.92 Å². The van der Waals surface area contributed by atoms with Crippen LogP contribution < -0.4 is 5.32 Å². The average Bonchev–Trinajstić information content (AvgIpc) is 2.42. The van der Waals surface area contributed by atoms with Crippen molar-refractivity contribution >= 4 is 11.8 Å². The van der Waals surface area contributed by atoms with Crippen LogP contribution in [-0.4, -0.2) is 60.3 Å². The molecule has 0 aromatic rings. The van der Waals surface area contributed by atoms with Crippen LogP contribution >= 0.6 is 0 Å². The smallest absolute Gasteiger partial charge is 0.222 e. The van der Waals surface area contributed by atoms with Crippen LogP contribution in [0.1, 0.15) is 39.5 Å². The fourth-order valence-corrected chi connectivity index (χ4v) is 2.26. The van der Waals surface area contributed by atoms with Gasteiger partial charge < -0.3 is 20.1 Å². The van der Waals surface area contributed by atoms with E-state index in [9.17, 15) is 9.59 Å². The SMILES string of the molecule is CC(=O)NCCCCCC(=O)N1CC(CO)OCC1C. The van der Waals surface area contributed by atoms with Crippen LogP contribution in [0, 0.1) is 0 Å². The molecule has 2 N–H and O–H groups in total. The average molecular weight is 286 g/mol. The van der Waals surface area contributed by atoms with E-state index in [0.29, 0.717) is 26.1 Å². The van der Waals surface area contributed by atoms with Crippen LogP contribution in [0.2, 0.25) is 0 Å². The minimum absolute atomic E-state index is 0.0155. The number of carbonyl (C=O) groups is 2. The summed E-state index contributed by atoms with van der Waals surface area (Å²) in [5, 5.41) is 11.8. The number of ether oxygens (including phenoxy) is 1. The van der Waals surface area contributed by atoms with Crippen molar-refractivity contribution < 1.29 is 19.4 Å². The Balaban J connectivity index is 2.19. The standard InChI is InChI=1S/C14H26N2O4/c1-11-10-20-13(9-17)8-16(11)14(19)6-4-3-5-7-15-12(2)18/h11,13,17H,3-10H2,1-2H3,(H,15,18). The highest BCUT2D eigenvalue weighted by Crippen LogP contribution is 2.14. The molecule has 116 valence electrons. The van der Waals surface area contributed by atoms with Crippen molar-refractivity contribution in [3.63, 3.8) is 0 Å². The number of carbonyl (C=O) groups excluding carboxylic acids is 2. The van der Waals surface area contributed by atoms with E-state index in [-0.39, 0.29) is 30.6 Å². The quantitative estimate of drug-likeness (QED) is 0.659. The highest BCUT2D eigenvalue weighted by molar-refractivity contribution is 5.76. The molecule has 1 aliphatic heterocycles. The zero-order valence-electron chi connectivity index (χ0n) is 12.4. The Labute approximate surface area is 120 Å². The summed E-state index contributed by atoms with van der Waals surface area (Å²) in [4.78, 5) is 24.6. The number of aliphatic hydroxyl groups excluding tert-OH is 1. The van der Waals surface area contributed by atoms with Gasteiger partial charge in [-0.25, -0.2) is 0 Å². The Kier molecular flexibility index (Phi) is 7.54. The molecule has 0 aromatic heterocycles. The minimum atomic E-state index is -0.255. The van der Waals surface area contributed by atoms with Gasteiger partial charge >= 0.3 is 0 Å². The maximum Gasteiger partial charge on any atom is 0.222 e. The molecule has 2 atom stereocenters. The third kappa shape index (κ3) is 5.88. The summed E-state index contributed by atoms with van der Waals surface area (Å²) in [5.41, 5.74) is 0. The van der Waals surface area contributed by atoms with Crippen LogP contribution in [0.4, 0.5) is 0 Å². The van der Waals surface area contributed by atoms with Crippen molar-refractivity contribution in [3.8, 4) is 0 Å². The minimum Gasteiger partial charge on any atom is -0.394 e. The Hall–Kier alpha value is -1.14. The number of hydrogen-bond acceptors (Lipinski definition) is 4. The first-order valence-electron chi connectivity index (χ1n) is 7.31. The number of nitrogens with one attached hydrogen (secondary N) is 1. The van der Waals surface area contributed by atoms with Gasteiger partial charge in [-0.1, -0.05) is 6.42 Å². The lowest BCUT2D eigenvalue weighted by Gasteiger charge is -2.37. The first-order valence-corrected chi connectivity index (χ1v) is 7.31. The van der Waals surface area contributed by atoms with Gasteiger partial charge in [-0.15, -0.1) is 0 Å². The van der Waals surface area contributed by atoms with E-state index in [1.54, 1.807) is 4.90 Å². The lowest BCUT2D eigenvalue weighted by atomic mass is 10.1. The van der Waals surface area contributed by atoms with E-state index in [0.717, 1.165) is 19.3 Å². The van der Waals surface area contributed by atoms with Crippen LogP contribution in [-0.2, 0) is 14.3 Å². The fourth-order valence-electron chi connectivity index (χ4n) is 2.26. The van der Waals surface area contributed by atoms with E-state index in [2.05, 4.69) is 5.32 Å². The summed E-state index contributed by atoms with van der Waals surface area (Å²) in [5.74, 6) is 0.108. The predicted molar refractivity (Wildman–Crippen MR) is 75.2 cm³/mol. The summed E-state index contributed by atoms with van der Waals surface area (Å²) < 4.78 is 5.42. The van der Waals surface area contributed by atoms with Crippen molar-refractivity contribution in [2.24, 2.45) is 0 Å².